The van der Waals surface area contributed by atoms with Gasteiger partial charge in [0.15, 0.2) is 0 Å². The molecule has 1 aliphatic rings. The van der Waals surface area contributed by atoms with Crippen LogP contribution in [-0.4, -0.2) is 31.4 Å². The van der Waals surface area contributed by atoms with Crippen molar-refractivity contribution in [3.63, 3.8) is 0 Å². The van der Waals surface area contributed by atoms with Crippen molar-refractivity contribution in [2.24, 2.45) is 11.7 Å². The number of nitrogens with one attached hydrogen (secondary N) is 1. The number of carbonyl (C=O) groups excluding carboxylic acids is 2. The number of piperidine rings is 1. The lowest BCUT2D eigenvalue weighted by atomic mass is 9.92. The Balaban J connectivity index is 2.27. The minimum Gasteiger partial charge on any atom is -0.397 e. The summed E-state index contributed by atoms with van der Waals surface area (Å²) in [5.74, 6) is -0.596. The van der Waals surface area contributed by atoms with Crippen molar-refractivity contribution in [1.29, 1.82) is 0 Å². The quantitative estimate of drug-likeness (QED) is 0.714. The number of hydrogen-bond donors (Lipinski definition) is 3. The van der Waals surface area contributed by atoms with Crippen LogP contribution in [0.3, 0.4) is 0 Å². The predicted molar refractivity (Wildman–Crippen MR) is 83.0 cm³/mol. The topological polar surface area (TPSA) is 101 Å². The molecule has 21 heavy (non-hydrogen) atoms. The van der Waals surface area contributed by atoms with E-state index in [0.29, 0.717) is 17.8 Å². The smallest absolute Gasteiger partial charge is 0.251 e. The van der Waals surface area contributed by atoms with Gasteiger partial charge >= 0.3 is 0 Å². The van der Waals surface area contributed by atoms with Gasteiger partial charge in [-0.3, -0.25) is 9.59 Å². The van der Waals surface area contributed by atoms with Crippen LogP contribution in [0.4, 0.5) is 11.4 Å². The highest BCUT2D eigenvalue weighted by atomic mass is 16.2. The zero-order valence-corrected chi connectivity index (χ0v) is 12.4. The fourth-order valence-electron chi connectivity index (χ4n) is 2.78. The zero-order chi connectivity index (χ0) is 15.6. The molecule has 0 aliphatic carbocycles. The SMILES string of the molecule is CNC(=O)c1ccc(N2CC(C(N)=O)CCC2C)c(N)c1. The second-order valence-electron chi connectivity index (χ2n) is 5.53. The van der Waals surface area contributed by atoms with Crippen molar-refractivity contribution in [3.05, 3.63) is 23.8 Å². The summed E-state index contributed by atoms with van der Waals surface area (Å²) in [6.45, 7) is 2.67. The highest BCUT2D eigenvalue weighted by molar-refractivity contribution is 5.96. The number of amides is 2. The highest BCUT2D eigenvalue weighted by Crippen LogP contribution is 2.32. The maximum absolute atomic E-state index is 11.6. The lowest BCUT2D eigenvalue weighted by Gasteiger charge is -2.39. The van der Waals surface area contributed by atoms with Gasteiger partial charge in [-0.25, -0.2) is 0 Å². The highest BCUT2D eigenvalue weighted by Gasteiger charge is 2.29. The summed E-state index contributed by atoms with van der Waals surface area (Å²) in [6, 6.07) is 5.52. The van der Waals surface area contributed by atoms with E-state index < -0.39 is 0 Å². The number of nitrogens with two attached hydrogens (primary N) is 2. The van der Waals surface area contributed by atoms with E-state index >= 15 is 0 Å². The molecule has 2 rings (SSSR count). The number of nitrogen functional groups attached to an aromatic ring is 1. The Hall–Kier alpha value is -2.24. The van der Waals surface area contributed by atoms with E-state index in [4.69, 9.17) is 11.5 Å². The van der Waals surface area contributed by atoms with E-state index in [1.807, 2.05) is 6.07 Å². The molecule has 1 fully saturated rings. The largest absolute Gasteiger partial charge is 0.397 e. The monoisotopic (exact) mass is 290 g/mol. The van der Waals surface area contributed by atoms with Crippen LogP contribution in [0.5, 0.6) is 0 Å². The van der Waals surface area contributed by atoms with Crippen molar-refractivity contribution in [2.75, 3.05) is 24.2 Å². The molecule has 0 saturated carbocycles. The Morgan fingerprint density at radius 1 is 1.33 bits per heavy atom. The fourth-order valence-corrected chi connectivity index (χ4v) is 2.78. The van der Waals surface area contributed by atoms with Crippen LogP contribution < -0.4 is 21.7 Å². The van der Waals surface area contributed by atoms with Crippen LogP contribution in [0.25, 0.3) is 0 Å². The fraction of sp³-hybridized carbons (Fsp3) is 0.467. The molecule has 1 aromatic rings. The zero-order valence-electron chi connectivity index (χ0n) is 12.4. The van der Waals surface area contributed by atoms with Crippen molar-refractivity contribution in [2.45, 2.75) is 25.8 Å². The normalized spacial score (nSPS) is 21.9. The minimum absolute atomic E-state index is 0.154. The molecule has 1 heterocycles. The van der Waals surface area contributed by atoms with Gasteiger partial charge in [-0.15, -0.1) is 0 Å². The Bertz CT molecular complexity index is 559. The van der Waals surface area contributed by atoms with Gasteiger partial charge < -0.3 is 21.7 Å². The van der Waals surface area contributed by atoms with E-state index in [0.717, 1.165) is 18.5 Å². The summed E-state index contributed by atoms with van der Waals surface area (Å²) in [4.78, 5) is 25.1. The lowest BCUT2D eigenvalue weighted by molar-refractivity contribution is -0.122. The molecular weight excluding hydrogens is 268 g/mol. The molecule has 2 atom stereocenters. The first-order valence-corrected chi connectivity index (χ1v) is 7.11. The Morgan fingerprint density at radius 2 is 2.05 bits per heavy atom. The summed E-state index contributed by atoms with van der Waals surface area (Å²) in [7, 11) is 1.58. The van der Waals surface area contributed by atoms with Crippen molar-refractivity contribution >= 4 is 23.2 Å². The van der Waals surface area contributed by atoms with E-state index in [-0.39, 0.29) is 23.8 Å². The lowest BCUT2D eigenvalue weighted by Crippen LogP contribution is -2.46. The molecule has 0 bridgehead atoms. The second kappa shape index (κ2) is 6.03. The maximum Gasteiger partial charge on any atom is 0.251 e. The van der Waals surface area contributed by atoms with Gasteiger partial charge in [0, 0.05) is 25.2 Å². The molecule has 0 aromatic heterocycles. The van der Waals surface area contributed by atoms with Crippen LogP contribution in [0.1, 0.15) is 30.1 Å². The van der Waals surface area contributed by atoms with Crippen LogP contribution in [0.15, 0.2) is 18.2 Å². The van der Waals surface area contributed by atoms with Gasteiger partial charge in [-0.1, -0.05) is 0 Å². The van der Waals surface area contributed by atoms with Crippen molar-refractivity contribution in [3.8, 4) is 0 Å². The molecule has 0 spiro atoms. The average Bonchev–Trinajstić information content (AvgIpc) is 2.47. The summed E-state index contributed by atoms with van der Waals surface area (Å²) in [5.41, 5.74) is 13.4. The third kappa shape index (κ3) is 3.09. The molecule has 2 amide bonds. The first-order valence-electron chi connectivity index (χ1n) is 7.11. The van der Waals surface area contributed by atoms with E-state index in [2.05, 4.69) is 17.1 Å². The van der Waals surface area contributed by atoms with Crippen molar-refractivity contribution in [1.82, 2.24) is 5.32 Å². The number of benzene rings is 1. The molecule has 5 N–H and O–H groups in total. The Labute approximate surface area is 124 Å². The van der Waals surface area contributed by atoms with Crippen LogP contribution in [0, 0.1) is 5.92 Å². The second-order valence-corrected chi connectivity index (χ2v) is 5.53. The third-order valence-electron chi connectivity index (χ3n) is 4.11. The maximum atomic E-state index is 11.6. The molecule has 6 nitrogen and oxygen atoms in total. The van der Waals surface area contributed by atoms with E-state index in [9.17, 15) is 9.59 Å². The molecule has 2 unspecified atom stereocenters. The number of primary amides is 1. The van der Waals surface area contributed by atoms with Crippen molar-refractivity contribution < 1.29 is 9.59 Å². The van der Waals surface area contributed by atoms with Gasteiger partial charge in [0.25, 0.3) is 5.91 Å². The summed E-state index contributed by atoms with van der Waals surface area (Å²) in [6.07, 6.45) is 1.70. The summed E-state index contributed by atoms with van der Waals surface area (Å²) >= 11 is 0. The van der Waals surface area contributed by atoms with Gasteiger partial charge in [0.05, 0.1) is 17.3 Å². The minimum atomic E-state index is -0.271. The molecular formula is C15H22N4O2. The first-order chi connectivity index (χ1) is 9.93. The molecule has 1 aromatic carbocycles. The van der Waals surface area contributed by atoms with Gasteiger partial charge in [-0.05, 0) is 38.0 Å². The van der Waals surface area contributed by atoms with Crippen LogP contribution >= 0.6 is 0 Å². The summed E-state index contributed by atoms with van der Waals surface area (Å²) in [5, 5.41) is 2.57. The molecule has 1 aliphatic heterocycles. The van der Waals surface area contributed by atoms with E-state index in [1.165, 1.54) is 0 Å². The van der Waals surface area contributed by atoms with Crippen LogP contribution in [-0.2, 0) is 4.79 Å². The molecule has 6 heteroatoms. The number of rotatable bonds is 3. The van der Waals surface area contributed by atoms with E-state index in [1.54, 1.807) is 19.2 Å². The molecule has 114 valence electrons. The number of anilines is 2. The Morgan fingerprint density at radius 3 is 2.62 bits per heavy atom. The number of nitrogens with zero attached hydrogens (tertiary/aromatic N) is 1. The van der Waals surface area contributed by atoms with Crippen LogP contribution in [0.2, 0.25) is 0 Å². The Kier molecular flexibility index (Phi) is 4.35. The standard InChI is InChI=1S/C15H22N4O2/c1-9-3-4-11(14(17)20)8-19(9)13-6-5-10(7-12(13)16)15(21)18-2/h5-7,9,11H,3-4,8,16H2,1-2H3,(H2,17,20)(H,18,21). The predicted octanol–water partition coefficient (Wildman–Crippen LogP) is 0.719. The third-order valence-corrected chi connectivity index (χ3v) is 4.11. The van der Waals surface area contributed by atoms with Gasteiger partial charge in [0.2, 0.25) is 5.91 Å². The number of carbonyl (C=O) groups is 2. The first kappa shape index (κ1) is 15.2. The molecule has 0 radical (unpaired) electrons. The molecule has 1 saturated heterocycles. The number of hydrogen-bond acceptors (Lipinski definition) is 4. The van der Waals surface area contributed by atoms with Gasteiger partial charge in [0.1, 0.15) is 0 Å². The van der Waals surface area contributed by atoms with Gasteiger partial charge in [-0.2, -0.15) is 0 Å². The average molecular weight is 290 g/mol. The summed E-state index contributed by atoms with van der Waals surface area (Å²) < 4.78 is 0.